The third-order valence-electron chi connectivity index (χ3n) is 3.60. The monoisotopic (exact) mass is 258 g/mol. The lowest BCUT2D eigenvalue weighted by atomic mass is 10.1. The summed E-state index contributed by atoms with van der Waals surface area (Å²) in [5.74, 6) is 1.08. The molecule has 1 aliphatic carbocycles. The molecule has 0 aromatic carbocycles. The zero-order valence-electron chi connectivity index (χ0n) is 9.54. The number of hydrogen-bond acceptors (Lipinski definition) is 4. The van der Waals surface area contributed by atoms with Crippen LogP contribution in [0.5, 0.6) is 0 Å². The highest BCUT2D eigenvalue weighted by atomic mass is 19.4. The van der Waals surface area contributed by atoms with E-state index in [-0.39, 0.29) is 6.04 Å². The van der Waals surface area contributed by atoms with Crippen LogP contribution >= 0.6 is 0 Å². The maximum absolute atomic E-state index is 12.3. The molecular weight excluding hydrogens is 245 g/mol. The Hall–Kier alpha value is -1.37. The van der Waals surface area contributed by atoms with Gasteiger partial charge in [0.05, 0.1) is 12.4 Å². The van der Waals surface area contributed by atoms with Gasteiger partial charge in [0.2, 0.25) is 0 Å². The van der Waals surface area contributed by atoms with Crippen LogP contribution < -0.4 is 10.6 Å². The number of nitrogens with zero attached hydrogens (tertiary/aromatic N) is 2. The number of aromatic nitrogens is 2. The summed E-state index contributed by atoms with van der Waals surface area (Å²) < 4.78 is 36.9. The maximum atomic E-state index is 12.3. The number of rotatable bonds is 2. The highest BCUT2D eigenvalue weighted by Gasteiger charge is 2.39. The molecular formula is C11H13F3N4. The molecule has 1 saturated heterocycles. The molecule has 3 atom stereocenters. The van der Waals surface area contributed by atoms with Crippen molar-refractivity contribution in [3.63, 3.8) is 0 Å². The topological polar surface area (TPSA) is 49.8 Å². The predicted molar refractivity (Wildman–Crippen MR) is 59.0 cm³/mol. The Morgan fingerprint density at radius 3 is 2.56 bits per heavy atom. The number of halogens is 3. The van der Waals surface area contributed by atoms with Crippen molar-refractivity contribution >= 4 is 5.82 Å². The zero-order chi connectivity index (χ0) is 12.8. The minimum atomic E-state index is -4.43. The number of nitrogens with one attached hydrogen (secondary N) is 2. The lowest BCUT2D eigenvalue weighted by Crippen LogP contribution is -2.41. The minimum absolute atomic E-state index is 0.245. The molecule has 4 nitrogen and oxygen atoms in total. The molecule has 2 bridgehead atoms. The number of anilines is 1. The van der Waals surface area contributed by atoms with E-state index in [1.165, 1.54) is 0 Å². The Morgan fingerprint density at radius 1 is 1.22 bits per heavy atom. The summed E-state index contributed by atoms with van der Waals surface area (Å²) in [5.41, 5.74) is -0.959. The van der Waals surface area contributed by atoms with Crippen LogP contribution in [-0.4, -0.2) is 28.6 Å². The summed E-state index contributed by atoms with van der Waals surface area (Å²) in [7, 11) is 0. The number of hydrogen-bond donors (Lipinski definition) is 2. The van der Waals surface area contributed by atoms with Gasteiger partial charge in [-0.25, -0.2) is 9.97 Å². The molecule has 0 spiro atoms. The van der Waals surface area contributed by atoms with E-state index in [1.807, 2.05) is 0 Å². The van der Waals surface area contributed by atoms with Gasteiger partial charge in [-0.15, -0.1) is 0 Å². The molecule has 0 unspecified atom stereocenters. The largest absolute Gasteiger partial charge is 0.434 e. The second kappa shape index (κ2) is 4.08. The smallest absolute Gasteiger partial charge is 0.364 e. The van der Waals surface area contributed by atoms with Crippen LogP contribution in [0.25, 0.3) is 0 Å². The normalized spacial score (nSPS) is 30.7. The molecule has 2 N–H and O–H groups in total. The predicted octanol–water partition coefficient (Wildman–Crippen LogP) is 1.66. The van der Waals surface area contributed by atoms with Crippen LogP contribution in [0.15, 0.2) is 12.4 Å². The second-order valence-electron chi connectivity index (χ2n) is 4.89. The van der Waals surface area contributed by atoms with Crippen molar-refractivity contribution in [2.24, 2.45) is 5.92 Å². The third-order valence-corrected chi connectivity index (χ3v) is 3.60. The van der Waals surface area contributed by atoms with Crippen molar-refractivity contribution in [2.75, 3.05) is 11.9 Å². The summed E-state index contributed by atoms with van der Waals surface area (Å²) >= 11 is 0. The minimum Gasteiger partial charge on any atom is -0.364 e. The van der Waals surface area contributed by atoms with E-state index >= 15 is 0 Å². The van der Waals surface area contributed by atoms with Crippen molar-refractivity contribution in [3.05, 3.63) is 18.1 Å². The SMILES string of the molecule is FC(F)(F)c1cnc(N[C@@H]2C[C@@H]3CN[C@H]2C3)cn1. The van der Waals surface area contributed by atoms with Gasteiger partial charge in [-0.1, -0.05) is 0 Å². The Labute approximate surface area is 102 Å². The van der Waals surface area contributed by atoms with Crippen molar-refractivity contribution in [3.8, 4) is 0 Å². The molecule has 1 aromatic heterocycles. The average Bonchev–Trinajstić information content (AvgIpc) is 2.90. The van der Waals surface area contributed by atoms with Crippen molar-refractivity contribution in [2.45, 2.75) is 31.1 Å². The van der Waals surface area contributed by atoms with E-state index in [0.29, 0.717) is 17.8 Å². The molecule has 2 heterocycles. The Morgan fingerprint density at radius 2 is 2.06 bits per heavy atom. The Kier molecular flexibility index (Phi) is 2.65. The van der Waals surface area contributed by atoms with Gasteiger partial charge in [0.15, 0.2) is 5.69 Å². The molecule has 1 aliphatic heterocycles. The zero-order valence-corrected chi connectivity index (χ0v) is 9.54. The fourth-order valence-corrected chi connectivity index (χ4v) is 2.75. The van der Waals surface area contributed by atoms with Crippen molar-refractivity contribution in [1.82, 2.24) is 15.3 Å². The fourth-order valence-electron chi connectivity index (χ4n) is 2.75. The van der Waals surface area contributed by atoms with Gasteiger partial charge in [0.25, 0.3) is 0 Å². The molecule has 1 aromatic rings. The van der Waals surface area contributed by atoms with Crippen molar-refractivity contribution < 1.29 is 13.2 Å². The van der Waals surface area contributed by atoms with Crippen LogP contribution in [0.4, 0.5) is 19.0 Å². The van der Waals surface area contributed by atoms with E-state index < -0.39 is 11.9 Å². The summed E-state index contributed by atoms with van der Waals surface area (Å²) in [4.78, 5) is 7.15. The van der Waals surface area contributed by atoms with Gasteiger partial charge in [-0.2, -0.15) is 13.2 Å². The summed E-state index contributed by atoms with van der Waals surface area (Å²) in [5, 5.41) is 6.52. The molecule has 3 rings (SSSR count). The molecule has 1 saturated carbocycles. The number of fused-ring (bicyclic) bond motifs is 2. The van der Waals surface area contributed by atoms with E-state index in [0.717, 1.165) is 31.8 Å². The van der Waals surface area contributed by atoms with Gasteiger partial charge in [-0.05, 0) is 25.3 Å². The Balaban J connectivity index is 1.67. The van der Waals surface area contributed by atoms with E-state index in [9.17, 15) is 13.2 Å². The highest BCUT2D eigenvalue weighted by molar-refractivity contribution is 5.34. The number of alkyl halides is 3. The van der Waals surface area contributed by atoms with Crippen LogP contribution in [-0.2, 0) is 6.18 Å². The quantitative estimate of drug-likeness (QED) is 0.847. The lowest BCUT2D eigenvalue weighted by Gasteiger charge is -2.24. The Bertz CT molecular complexity index is 431. The molecule has 7 heteroatoms. The van der Waals surface area contributed by atoms with Crippen LogP contribution in [0.3, 0.4) is 0 Å². The molecule has 18 heavy (non-hydrogen) atoms. The van der Waals surface area contributed by atoms with E-state index in [1.54, 1.807) is 0 Å². The first-order valence-corrected chi connectivity index (χ1v) is 5.91. The molecule has 2 aliphatic rings. The van der Waals surface area contributed by atoms with E-state index in [4.69, 9.17) is 0 Å². The molecule has 98 valence electrons. The average molecular weight is 258 g/mol. The summed E-state index contributed by atoms with van der Waals surface area (Å²) in [6, 6.07) is 0.647. The highest BCUT2D eigenvalue weighted by Crippen LogP contribution is 2.33. The first-order chi connectivity index (χ1) is 8.52. The van der Waals surface area contributed by atoms with Gasteiger partial charge in [0, 0.05) is 12.1 Å². The van der Waals surface area contributed by atoms with Crippen LogP contribution in [0, 0.1) is 5.92 Å². The summed E-state index contributed by atoms with van der Waals surface area (Å²) in [6.45, 7) is 1.04. The van der Waals surface area contributed by atoms with Crippen LogP contribution in [0.2, 0.25) is 0 Å². The van der Waals surface area contributed by atoms with Crippen molar-refractivity contribution in [1.29, 1.82) is 0 Å². The molecule has 0 radical (unpaired) electrons. The third kappa shape index (κ3) is 2.14. The first kappa shape index (κ1) is 11.7. The summed E-state index contributed by atoms with van der Waals surface area (Å²) in [6.07, 6.45) is -0.344. The standard InChI is InChI=1S/C11H13F3N4/c12-11(13,14)9-4-17-10(5-16-9)18-8-2-6-1-7(8)15-3-6/h4-8,15H,1-3H2,(H,17,18)/t6-,7+,8-/m1/s1. The number of piperidine rings is 1. The molecule has 2 fully saturated rings. The maximum Gasteiger partial charge on any atom is 0.434 e. The van der Waals surface area contributed by atoms with Gasteiger partial charge >= 0.3 is 6.18 Å². The molecule has 0 amide bonds. The van der Waals surface area contributed by atoms with Gasteiger partial charge in [0.1, 0.15) is 5.82 Å². The van der Waals surface area contributed by atoms with Gasteiger partial charge < -0.3 is 10.6 Å². The van der Waals surface area contributed by atoms with E-state index in [2.05, 4.69) is 20.6 Å². The lowest BCUT2D eigenvalue weighted by molar-refractivity contribution is -0.141. The first-order valence-electron chi connectivity index (χ1n) is 5.91. The van der Waals surface area contributed by atoms with Gasteiger partial charge in [-0.3, -0.25) is 0 Å². The second-order valence-corrected chi connectivity index (χ2v) is 4.89. The van der Waals surface area contributed by atoms with Crippen LogP contribution in [0.1, 0.15) is 18.5 Å². The fraction of sp³-hybridized carbons (Fsp3) is 0.636.